The van der Waals surface area contributed by atoms with Crippen molar-refractivity contribution < 1.29 is 45.0 Å². The number of ketones is 2. The monoisotopic (exact) mass is 560 g/mol. The Labute approximate surface area is 230 Å². The molecule has 0 radical (unpaired) electrons. The molecule has 10 N–H and O–H groups in total. The summed E-state index contributed by atoms with van der Waals surface area (Å²) in [7, 11) is 4.58. The van der Waals surface area contributed by atoms with Crippen molar-refractivity contribution in [2.24, 2.45) is 17.6 Å². The van der Waals surface area contributed by atoms with Crippen LogP contribution in [0.3, 0.4) is 0 Å². The summed E-state index contributed by atoms with van der Waals surface area (Å²) in [4.78, 5) is 40.8. The van der Waals surface area contributed by atoms with Crippen molar-refractivity contribution in [2.45, 2.75) is 56.2 Å². The van der Waals surface area contributed by atoms with Crippen LogP contribution < -0.4 is 16.4 Å². The lowest BCUT2D eigenvalue weighted by molar-refractivity contribution is -0.162. The molecule has 0 aromatic heterocycles. The molecule has 218 valence electrons. The molecule has 0 bridgehead atoms. The SMILES string of the molecule is CNC(C)(C)C(O)Nc1ccc2c(c1O)C(=O)C1=C(O)C3(O)C(=O)C(C(N)=O)=C(O)[C@@H](N(C)C)C3C(O)C1C2C. The number of benzene rings is 1. The number of hydrogen-bond donors (Lipinski definition) is 9. The topological polar surface area (TPSA) is 226 Å². The summed E-state index contributed by atoms with van der Waals surface area (Å²) in [5.74, 6) is -9.64. The van der Waals surface area contributed by atoms with Crippen LogP contribution in [0.25, 0.3) is 0 Å². The number of phenolic OH excluding ortho intramolecular Hbond substituents is 1. The highest BCUT2D eigenvalue weighted by Crippen LogP contribution is 2.56. The molecule has 13 nitrogen and oxygen atoms in total. The molecule has 40 heavy (non-hydrogen) atoms. The van der Waals surface area contributed by atoms with Crippen LogP contribution in [0.1, 0.15) is 42.6 Å². The maximum Gasteiger partial charge on any atom is 0.255 e. The van der Waals surface area contributed by atoms with Gasteiger partial charge in [0.05, 0.1) is 34.9 Å². The Morgan fingerprint density at radius 3 is 2.30 bits per heavy atom. The third kappa shape index (κ3) is 3.84. The highest BCUT2D eigenvalue weighted by Gasteiger charge is 2.67. The van der Waals surface area contributed by atoms with Crippen LogP contribution in [-0.2, 0) is 9.59 Å². The fourth-order valence-corrected chi connectivity index (χ4v) is 6.20. The first-order valence-electron chi connectivity index (χ1n) is 12.8. The lowest BCUT2D eigenvalue weighted by Crippen LogP contribution is -2.68. The van der Waals surface area contributed by atoms with Crippen molar-refractivity contribution in [3.63, 3.8) is 0 Å². The van der Waals surface area contributed by atoms with E-state index in [4.69, 9.17) is 5.73 Å². The number of nitrogens with one attached hydrogen (secondary N) is 2. The van der Waals surface area contributed by atoms with Crippen LogP contribution in [0.5, 0.6) is 5.75 Å². The number of aromatic hydroxyl groups is 1. The summed E-state index contributed by atoms with van der Waals surface area (Å²) in [5.41, 5.74) is 0.128. The zero-order valence-corrected chi connectivity index (χ0v) is 23.1. The number of carbonyl (C=O) groups excluding carboxylic acids is 3. The Morgan fingerprint density at radius 2 is 1.77 bits per heavy atom. The van der Waals surface area contributed by atoms with E-state index in [0.717, 1.165) is 0 Å². The largest absolute Gasteiger partial charge is 0.510 e. The number of likely N-dealkylation sites (N-methyl/N-ethyl adjacent to an activating group) is 2. The van der Waals surface area contributed by atoms with Crippen molar-refractivity contribution in [3.8, 4) is 5.75 Å². The number of nitrogens with two attached hydrogens (primary N) is 1. The number of amides is 1. The minimum Gasteiger partial charge on any atom is -0.510 e. The molecule has 13 heteroatoms. The normalized spacial score (nSPS) is 31.1. The first kappa shape index (κ1) is 29.5. The summed E-state index contributed by atoms with van der Waals surface area (Å²) in [6.45, 7) is 5.05. The van der Waals surface area contributed by atoms with Gasteiger partial charge in [-0.1, -0.05) is 13.0 Å². The quantitative estimate of drug-likeness (QED) is 0.121. The molecule has 0 spiro atoms. The van der Waals surface area contributed by atoms with Gasteiger partial charge in [0.2, 0.25) is 5.78 Å². The smallest absolute Gasteiger partial charge is 0.255 e. The summed E-state index contributed by atoms with van der Waals surface area (Å²) in [6, 6.07) is 1.68. The molecule has 3 aliphatic carbocycles. The van der Waals surface area contributed by atoms with Crippen LogP contribution in [-0.4, -0.2) is 104 Å². The highest BCUT2D eigenvalue weighted by atomic mass is 16.4. The van der Waals surface area contributed by atoms with E-state index in [1.165, 1.54) is 25.1 Å². The zero-order chi connectivity index (χ0) is 30.2. The van der Waals surface area contributed by atoms with Crippen LogP contribution in [0.15, 0.2) is 34.8 Å². The van der Waals surface area contributed by atoms with Gasteiger partial charge in [-0.2, -0.15) is 0 Å². The molecule has 7 atom stereocenters. The number of aliphatic hydroxyl groups excluding tert-OH is 4. The highest BCUT2D eigenvalue weighted by molar-refractivity contribution is 6.25. The number of nitrogens with zero attached hydrogens (tertiary/aromatic N) is 1. The van der Waals surface area contributed by atoms with Gasteiger partial charge in [0.1, 0.15) is 29.1 Å². The van der Waals surface area contributed by atoms with Crippen molar-refractivity contribution in [1.82, 2.24) is 10.2 Å². The van der Waals surface area contributed by atoms with E-state index >= 15 is 0 Å². The van der Waals surface area contributed by atoms with E-state index in [9.17, 15) is 45.0 Å². The number of fused-ring (bicyclic) bond motifs is 3. The van der Waals surface area contributed by atoms with Gasteiger partial charge in [-0.3, -0.25) is 19.3 Å². The van der Waals surface area contributed by atoms with Crippen LogP contribution in [0, 0.1) is 11.8 Å². The van der Waals surface area contributed by atoms with Crippen LogP contribution in [0.4, 0.5) is 5.69 Å². The molecule has 0 saturated carbocycles. The Morgan fingerprint density at radius 1 is 1.18 bits per heavy atom. The minimum absolute atomic E-state index is 0.00639. The Bertz CT molecular complexity index is 1370. The minimum atomic E-state index is -2.98. The van der Waals surface area contributed by atoms with Gasteiger partial charge in [0.15, 0.2) is 11.4 Å². The predicted molar refractivity (Wildman–Crippen MR) is 143 cm³/mol. The molecular formula is C27H36N4O9. The molecule has 1 aromatic rings. The van der Waals surface area contributed by atoms with Crippen LogP contribution in [0.2, 0.25) is 0 Å². The Hall–Kier alpha value is -3.49. The van der Waals surface area contributed by atoms with E-state index in [1.807, 2.05) is 0 Å². The maximum atomic E-state index is 13.9. The molecule has 0 aliphatic heterocycles. The summed E-state index contributed by atoms with van der Waals surface area (Å²) < 4.78 is 0. The lowest BCUT2D eigenvalue weighted by Gasteiger charge is -2.53. The van der Waals surface area contributed by atoms with Crippen molar-refractivity contribution in [1.29, 1.82) is 0 Å². The van der Waals surface area contributed by atoms with Crippen LogP contribution >= 0.6 is 0 Å². The van der Waals surface area contributed by atoms with Gasteiger partial charge in [-0.05, 0) is 52.5 Å². The first-order valence-corrected chi connectivity index (χ1v) is 12.8. The maximum absolute atomic E-state index is 13.9. The molecule has 4 rings (SSSR count). The molecule has 0 heterocycles. The van der Waals surface area contributed by atoms with Gasteiger partial charge in [0, 0.05) is 11.5 Å². The molecule has 0 fully saturated rings. The fraction of sp³-hybridized carbons (Fsp3) is 0.519. The van der Waals surface area contributed by atoms with Gasteiger partial charge >= 0.3 is 0 Å². The van der Waals surface area contributed by atoms with E-state index in [1.54, 1.807) is 33.9 Å². The number of hydrogen-bond acceptors (Lipinski definition) is 12. The molecule has 1 amide bonds. The predicted octanol–water partition coefficient (Wildman–Crippen LogP) is -0.619. The lowest BCUT2D eigenvalue weighted by atomic mass is 9.55. The average Bonchev–Trinajstić information content (AvgIpc) is 2.87. The van der Waals surface area contributed by atoms with Crippen molar-refractivity contribution in [2.75, 3.05) is 26.5 Å². The number of aliphatic hydroxyl groups is 5. The number of anilines is 1. The second-order valence-corrected chi connectivity index (χ2v) is 11.5. The summed E-state index contributed by atoms with van der Waals surface area (Å²) in [5, 5.41) is 73.1. The summed E-state index contributed by atoms with van der Waals surface area (Å²) in [6.07, 6.45) is -2.88. The second-order valence-electron chi connectivity index (χ2n) is 11.5. The first-order chi connectivity index (χ1) is 18.4. The van der Waals surface area contributed by atoms with Gasteiger partial charge in [-0.25, -0.2) is 0 Å². The van der Waals surface area contributed by atoms with E-state index < -0.39 is 93.2 Å². The Balaban J connectivity index is 1.94. The van der Waals surface area contributed by atoms with Crippen molar-refractivity contribution >= 4 is 23.2 Å². The molecule has 6 unspecified atom stereocenters. The number of Topliss-reactive ketones (excluding diaryl/α,β-unsaturated/α-hetero) is 2. The third-order valence-electron chi connectivity index (χ3n) is 8.75. The van der Waals surface area contributed by atoms with E-state index in [0.29, 0.717) is 5.56 Å². The van der Waals surface area contributed by atoms with E-state index in [-0.39, 0.29) is 11.3 Å². The third-order valence-corrected chi connectivity index (χ3v) is 8.75. The van der Waals surface area contributed by atoms with Crippen molar-refractivity contribution in [3.05, 3.63) is 45.9 Å². The average molecular weight is 561 g/mol. The zero-order valence-electron chi connectivity index (χ0n) is 23.1. The second kappa shape index (κ2) is 9.56. The standard InChI is InChI=1S/C27H36N4O9/c1-9-10-7-8-11(30-25(39)26(2,3)29-4)18(32)13(10)19(33)14-12(9)20(34)16-17(31(5)6)21(35)15(24(28)38)23(37)27(16,40)22(14)36/h7-9,12,16-17,20,25,29-30,32,34-36,39-40H,1-6H3,(H2,28,38)/t9?,12?,16?,17-,20?,25?,27?/m0/s1. The fourth-order valence-electron chi connectivity index (χ4n) is 6.20. The number of carbonyl (C=O) groups is 3. The van der Waals surface area contributed by atoms with E-state index in [2.05, 4.69) is 10.6 Å². The van der Waals surface area contributed by atoms with Gasteiger partial charge < -0.3 is 47.0 Å². The number of phenols is 1. The molecule has 3 aliphatic rings. The Kier molecular flexibility index (Phi) is 7.05. The molecule has 1 aromatic carbocycles. The van der Waals surface area contributed by atoms with Gasteiger partial charge in [-0.15, -0.1) is 0 Å². The molecular weight excluding hydrogens is 524 g/mol. The number of primary amides is 1. The molecule has 0 saturated heterocycles. The summed E-state index contributed by atoms with van der Waals surface area (Å²) >= 11 is 0. The van der Waals surface area contributed by atoms with Gasteiger partial charge in [0.25, 0.3) is 5.91 Å². The number of rotatable bonds is 6.